The van der Waals surface area contributed by atoms with Crippen LogP contribution in [-0.2, 0) is 19.8 Å². The number of aromatic nitrogens is 7. The molecule has 0 saturated carbocycles. The number of hydrogen-bond acceptors (Lipinski definition) is 6. The van der Waals surface area contributed by atoms with Crippen molar-refractivity contribution in [2.75, 3.05) is 10.6 Å². The normalized spacial score (nSPS) is 11.8. The number of amides is 1. The van der Waals surface area contributed by atoms with Crippen LogP contribution in [0.2, 0.25) is 0 Å². The molecule has 5 rings (SSSR count). The van der Waals surface area contributed by atoms with Gasteiger partial charge in [0.2, 0.25) is 0 Å². The minimum absolute atomic E-state index is 0.0747. The number of anilines is 2. The zero-order chi connectivity index (χ0) is 32.8. The van der Waals surface area contributed by atoms with Gasteiger partial charge in [0.1, 0.15) is 24.2 Å². The summed E-state index contributed by atoms with van der Waals surface area (Å²) in [6.45, 7) is 3.34. The molecule has 46 heavy (non-hydrogen) atoms. The van der Waals surface area contributed by atoms with E-state index in [1.165, 1.54) is 41.7 Å². The molecule has 0 radical (unpaired) electrons. The van der Waals surface area contributed by atoms with E-state index in [0.29, 0.717) is 28.3 Å². The van der Waals surface area contributed by atoms with Gasteiger partial charge in [-0.15, -0.1) is 0 Å². The molecule has 10 nitrogen and oxygen atoms in total. The minimum atomic E-state index is -4.71. The lowest BCUT2D eigenvalue weighted by Crippen LogP contribution is -2.17. The fourth-order valence-electron chi connectivity index (χ4n) is 4.39. The number of allylic oxidation sites excluding steroid dienone is 3. The van der Waals surface area contributed by atoms with Crippen molar-refractivity contribution in [2.24, 2.45) is 7.05 Å². The van der Waals surface area contributed by atoms with Crippen LogP contribution in [0.1, 0.15) is 51.1 Å². The van der Waals surface area contributed by atoms with Crippen LogP contribution in [0.3, 0.4) is 0 Å². The van der Waals surface area contributed by atoms with E-state index in [9.17, 15) is 22.4 Å². The molecule has 14 heteroatoms. The topological polar surface area (TPSA) is 118 Å². The van der Waals surface area contributed by atoms with E-state index in [0.717, 1.165) is 17.8 Å². The van der Waals surface area contributed by atoms with Crippen molar-refractivity contribution in [3.05, 3.63) is 125 Å². The summed E-state index contributed by atoms with van der Waals surface area (Å²) in [4.78, 5) is 24.3. The lowest BCUT2D eigenvalue weighted by molar-refractivity contribution is -0.138. The number of aromatic amines is 1. The van der Waals surface area contributed by atoms with Crippen LogP contribution in [0.5, 0.6) is 0 Å². The van der Waals surface area contributed by atoms with Crippen molar-refractivity contribution in [1.29, 1.82) is 0 Å². The highest BCUT2D eigenvalue weighted by molar-refractivity contribution is 6.04. The number of carbonyl (C=O) groups excluding carboxylic acids is 1. The number of hydrogen-bond donors (Lipinski definition) is 3. The Morgan fingerprint density at radius 1 is 1.09 bits per heavy atom. The third-order valence-electron chi connectivity index (χ3n) is 6.63. The highest BCUT2D eigenvalue weighted by Gasteiger charge is 2.34. The Labute approximate surface area is 260 Å². The number of nitrogens with one attached hydrogen (secondary N) is 3. The molecule has 3 aromatic heterocycles. The molecule has 234 valence electrons. The standard InChI is InChI=1S/C32H27F4N9O/c1-4-5-6-29(41-25-15-39-44(3)17-25)30-38-14-24(42-30)10-7-21-12-26(28(33)11-20(21)2)31(46)43-23-9-8-22(16-45-19-37-18-40-45)27(13-23)32(34,35)36/h4-6,8-9,11-15,17-19,41H,16H2,1-3H3,(H,38,42)(H,43,46)/b5-4-,29-6+. The Balaban J connectivity index is 1.37. The molecular weight excluding hydrogens is 602 g/mol. The van der Waals surface area contributed by atoms with Gasteiger partial charge >= 0.3 is 6.18 Å². The zero-order valence-electron chi connectivity index (χ0n) is 24.8. The van der Waals surface area contributed by atoms with Gasteiger partial charge in [-0.1, -0.05) is 24.1 Å². The van der Waals surface area contributed by atoms with Crippen molar-refractivity contribution in [3.8, 4) is 11.8 Å². The van der Waals surface area contributed by atoms with Crippen molar-refractivity contribution in [3.63, 3.8) is 0 Å². The van der Waals surface area contributed by atoms with E-state index in [-0.39, 0.29) is 23.4 Å². The number of nitrogens with zero attached hydrogens (tertiary/aromatic N) is 6. The molecule has 0 spiro atoms. The predicted molar refractivity (Wildman–Crippen MR) is 164 cm³/mol. The monoisotopic (exact) mass is 629 g/mol. The van der Waals surface area contributed by atoms with Gasteiger partial charge in [0, 0.05) is 24.5 Å². The number of benzene rings is 2. The summed E-state index contributed by atoms with van der Waals surface area (Å²) in [6.07, 6.45) is 8.36. The molecule has 3 heterocycles. The molecule has 0 unspecified atom stereocenters. The van der Waals surface area contributed by atoms with E-state index >= 15 is 0 Å². The highest BCUT2D eigenvalue weighted by Crippen LogP contribution is 2.34. The molecule has 2 aromatic carbocycles. The van der Waals surface area contributed by atoms with Gasteiger partial charge in [-0.05, 0) is 61.2 Å². The van der Waals surface area contributed by atoms with Gasteiger partial charge in [-0.2, -0.15) is 23.4 Å². The first-order chi connectivity index (χ1) is 22.0. The Bertz CT molecular complexity index is 1990. The van der Waals surface area contributed by atoms with Crippen molar-refractivity contribution < 1.29 is 22.4 Å². The number of alkyl halides is 3. The Morgan fingerprint density at radius 2 is 1.91 bits per heavy atom. The number of imidazole rings is 1. The van der Waals surface area contributed by atoms with Crippen LogP contribution in [-0.4, -0.2) is 40.4 Å². The maximum atomic E-state index is 14.9. The average Bonchev–Trinajstić information content (AvgIpc) is 3.78. The molecule has 0 atom stereocenters. The maximum Gasteiger partial charge on any atom is 0.416 e. The van der Waals surface area contributed by atoms with E-state index in [1.54, 1.807) is 24.9 Å². The van der Waals surface area contributed by atoms with Crippen LogP contribution in [0.4, 0.5) is 28.9 Å². The summed E-state index contributed by atoms with van der Waals surface area (Å²) in [5, 5.41) is 13.6. The number of halogens is 4. The fourth-order valence-corrected chi connectivity index (χ4v) is 4.39. The summed E-state index contributed by atoms with van der Waals surface area (Å²) in [5.74, 6) is 4.59. The second-order valence-electron chi connectivity index (χ2n) is 10.1. The smallest absolute Gasteiger partial charge is 0.350 e. The average molecular weight is 630 g/mol. The summed E-state index contributed by atoms with van der Waals surface area (Å²) in [5.41, 5.74) is 1.12. The quantitative estimate of drug-likeness (QED) is 0.111. The van der Waals surface area contributed by atoms with Crippen LogP contribution < -0.4 is 10.6 Å². The zero-order valence-corrected chi connectivity index (χ0v) is 24.8. The molecule has 0 fully saturated rings. The maximum absolute atomic E-state index is 14.9. The molecule has 0 saturated heterocycles. The molecule has 3 N–H and O–H groups in total. The molecule has 0 aliphatic carbocycles. The molecule has 1 amide bonds. The highest BCUT2D eigenvalue weighted by atomic mass is 19.4. The first-order valence-electron chi connectivity index (χ1n) is 13.8. The Morgan fingerprint density at radius 3 is 2.61 bits per heavy atom. The van der Waals surface area contributed by atoms with E-state index in [2.05, 4.69) is 47.6 Å². The van der Waals surface area contributed by atoms with Gasteiger partial charge in [-0.3, -0.25) is 9.48 Å². The van der Waals surface area contributed by atoms with Crippen LogP contribution >= 0.6 is 0 Å². The second-order valence-corrected chi connectivity index (χ2v) is 10.1. The van der Waals surface area contributed by atoms with E-state index < -0.39 is 23.5 Å². The number of carbonyl (C=O) groups is 1. The van der Waals surface area contributed by atoms with Crippen LogP contribution in [0.15, 0.2) is 79.8 Å². The SMILES string of the molecule is C/C=C\C=C(\Nc1cnn(C)c1)c1ncc(C#Cc2cc(C(=O)Nc3ccc(Cn4cncn4)c(C(F)(F)F)c3)c(F)cc2C)[nH]1. The minimum Gasteiger partial charge on any atom is -0.350 e. The first-order valence-corrected chi connectivity index (χ1v) is 13.8. The molecule has 5 aromatic rings. The van der Waals surface area contributed by atoms with Gasteiger partial charge in [0.05, 0.1) is 41.4 Å². The lowest BCUT2D eigenvalue weighted by atomic mass is 10.0. The summed E-state index contributed by atoms with van der Waals surface area (Å²) in [6, 6.07) is 5.75. The first kappa shape index (κ1) is 31.5. The van der Waals surface area contributed by atoms with Crippen molar-refractivity contribution >= 4 is 23.0 Å². The summed E-state index contributed by atoms with van der Waals surface area (Å²) < 4.78 is 59.4. The second kappa shape index (κ2) is 13.3. The van der Waals surface area contributed by atoms with Crippen molar-refractivity contribution in [1.82, 2.24) is 34.5 Å². The van der Waals surface area contributed by atoms with Crippen molar-refractivity contribution in [2.45, 2.75) is 26.6 Å². The molecule has 0 aliphatic heterocycles. The summed E-state index contributed by atoms with van der Waals surface area (Å²) >= 11 is 0. The van der Waals surface area contributed by atoms with Crippen LogP contribution in [0, 0.1) is 24.6 Å². The Hall–Kier alpha value is -5.97. The van der Waals surface area contributed by atoms with Crippen LogP contribution in [0.25, 0.3) is 5.70 Å². The largest absolute Gasteiger partial charge is 0.416 e. The van der Waals surface area contributed by atoms with E-state index in [4.69, 9.17) is 0 Å². The lowest BCUT2D eigenvalue weighted by Gasteiger charge is -2.15. The molecule has 0 aliphatic rings. The number of rotatable bonds is 8. The third kappa shape index (κ3) is 7.56. The number of aryl methyl sites for hydroxylation is 2. The third-order valence-corrected chi connectivity index (χ3v) is 6.63. The van der Waals surface area contributed by atoms with E-state index in [1.807, 2.05) is 31.3 Å². The molecular formula is C32H27F4N9O. The fraction of sp³-hybridized carbons (Fsp3) is 0.156. The van der Waals surface area contributed by atoms with Gasteiger partial charge in [0.25, 0.3) is 5.91 Å². The number of H-pyrrole nitrogens is 1. The summed E-state index contributed by atoms with van der Waals surface area (Å²) in [7, 11) is 1.80. The molecule has 0 bridgehead atoms. The predicted octanol–water partition coefficient (Wildman–Crippen LogP) is 5.93. The van der Waals surface area contributed by atoms with Gasteiger partial charge in [0.15, 0.2) is 5.82 Å². The van der Waals surface area contributed by atoms with Gasteiger partial charge < -0.3 is 15.6 Å². The van der Waals surface area contributed by atoms with Gasteiger partial charge in [-0.25, -0.2) is 19.0 Å². The Kier molecular flexibility index (Phi) is 9.13.